The highest BCUT2D eigenvalue weighted by Crippen LogP contribution is 2.47. The molecule has 8 rings (SSSR count). The van der Waals surface area contributed by atoms with E-state index in [-0.39, 0.29) is 0 Å². The molecule has 1 heterocycles. The molecule has 0 radical (unpaired) electrons. The summed E-state index contributed by atoms with van der Waals surface area (Å²) in [6, 6.07) is 51.6. The Kier molecular flexibility index (Phi) is 5.24. The molecule has 39 heavy (non-hydrogen) atoms. The van der Waals surface area contributed by atoms with Crippen molar-refractivity contribution in [2.75, 3.05) is 0 Å². The predicted molar refractivity (Wildman–Crippen MR) is 168 cm³/mol. The molecule has 0 saturated carbocycles. The van der Waals surface area contributed by atoms with Crippen LogP contribution in [-0.4, -0.2) is 0 Å². The quantitative estimate of drug-likeness (QED) is 0.220. The van der Waals surface area contributed by atoms with Gasteiger partial charge in [0.1, 0.15) is 0 Å². The Morgan fingerprint density at radius 3 is 2.08 bits per heavy atom. The summed E-state index contributed by atoms with van der Waals surface area (Å²) in [5.74, 6) is 0.364. The van der Waals surface area contributed by atoms with Gasteiger partial charge in [0, 0.05) is 26.1 Å². The van der Waals surface area contributed by atoms with Crippen LogP contribution in [0.25, 0.3) is 53.6 Å². The minimum atomic E-state index is 0.364. The van der Waals surface area contributed by atoms with Gasteiger partial charge in [0.15, 0.2) is 0 Å². The average molecular weight is 515 g/mol. The molecule has 6 aromatic carbocycles. The zero-order valence-electron chi connectivity index (χ0n) is 21.5. The molecule has 1 aromatic heterocycles. The van der Waals surface area contributed by atoms with Crippen LogP contribution >= 0.6 is 11.3 Å². The van der Waals surface area contributed by atoms with Gasteiger partial charge in [-0.25, -0.2) is 0 Å². The molecule has 1 aliphatic carbocycles. The number of hydrogen-bond donors (Lipinski definition) is 0. The molecule has 1 unspecified atom stereocenters. The fourth-order valence-corrected chi connectivity index (χ4v) is 7.55. The normalized spacial score (nSPS) is 14.3. The molecule has 0 nitrogen and oxygen atoms in total. The van der Waals surface area contributed by atoms with Gasteiger partial charge in [-0.15, -0.1) is 11.3 Å². The molecule has 0 bridgehead atoms. The minimum Gasteiger partial charge on any atom is -0.135 e. The molecule has 7 aromatic rings. The van der Waals surface area contributed by atoms with E-state index >= 15 is 0 Å². The van der Waals surface area contributed by atoms with E-state index in [4.69, 9.17) is 0 Å². The van der Waals surface area contributed by atoms with Gasteiger partial charge in [0.25, 0.3) is 0 Å². The fourth-order valence-electron chi connectivity index (χ4n) is 6.40. The predicted octanol–water partition coefficient (Wildman–Crippen LogP) is 10.7. The van der Waals surface area contributed by atoms with E-state index in [2.05, 4.69) is 140 Å². The van der Waals surface area contributed by atoms with E-state index in [0.29, 0.717) is 5.92 Å². The van der Waals surface area contributed by atoms with Gasteiger partial charge in [0.05, 0.1) is 0 Å². The number of rotatable bonds is 3. The molecule has 0 saturated heterocycles. The topological polar surface area (TPSA) is 0 Å². The van der Waals surface area contributed by atoms with Crippen LogP contribution in [0.15, 0.2) is 140 Å². The third kappa shape index (κ3) is 3.73. The molecule has 0 N–H and O–H groups in total. The van der Waals surface area contributed by atoms with Crippen molar-refractivity contribution in [3.05, 3.63) is 156 Å². The average Bonchev–Trinajstić information content (AvgIpc) is 3.39. The van der Waals surface area contributed by atoms with E-state index in [1.54, 1.807) is 0 Å². The van der Waals surface area contributed by atoms with Crippen molar-refractivity contribution in [2.24, 2.45) is 0 Å². The van der Waals surface area contributed by atoms with Crippen molar-refractivity contribution in [1.82, 2.24) is 0 Å². The lowest BCUT2D eigenvalue weighted by Crippen LogP contribution is -2.13. The largest absolute Gasteiger partial charge is 0.135 e. The number of thiophene rings is 1. The van der Waals surface area contributed by atoms with Crippen LogP contribution < -0.4 is 0 Å². The van der Waals surface area contributed by atoms with E-state index in [1.165, 1.54) is 70.2 Å². The first kappa shape index (κ1) is 22.5. The van der Waals surface area contributed by atoms with Crippen LogP contribution in [0.4, 0.5) is 0 Å². The molecule has 0 amide bonds. The molecule has 0 spiro atoms. The lowest BCUT2D eigenvalue weighted by atomic mass is 9.73. The Hall–Kier alpha value is -4.46. The van der Waals surface area contributed by atoms with Crippen molar-refractivity contribution in [3.8, 4) is 33.4 Å². The van der Waals surface area contributed by atoms with Gasteiger partial charge < -0.3 is 0 Å². The van der Waals surface area contributed by atoms with Crippen molar-refractivity contribution >= 4 is 31.5 Å². The summed E-state index contributed by atoms with van der Waals surface area (Å²) in [5.41, 5.74) is 12.1. The van der Waals surface area contributed by atoms with E-state index in [9.17, 15) is 0 Å². The fraction of sp³-hybridized carbons (Fsp3) is 0.0526. The maximum absolute atomic E-state index is 2.35. The first-order chi connectivity index (χ1) is 19.3. The van der Waals surface area contributed by atoms with E-state index in [0.717, 1.165) is 6.42 Å². The summed E-state index contributed by atoms with van der Waals surface area (Å²) in [6.45, 7) is 0. The smallest absolute Gasteiger partial charge is 0.0361 e. The molecule has 0 aliphatic heterocycles. The standard InChI is InChI=1S/C38H26S/c1-2-9-26(10-3-1)35-23-29-11-4-5-12-31(29)38-30(14-8-15-34(35)38)27-19-17-25(18-20-27)28-21-22-33-32-13-6-7-16-36(32)39-37(33)24-28/h1-22,24,35H,23H2. The van der Waals surface area contributed by atoms with Gasteiger partial charge in [0.2, 0.25) is 0 Å². The second-order valence-corrected chi connectivity index (χ2v) is 11.6. The highest BCUT2D eigenvalue weighted by Gasteiger charge is 2.27. The van der Waals surface area contributed by atoms with Gasteiger partial charge in [-0.05, 0) is 68.6 Å². The Morgan fingerprint density at radius 2 is 1.18 bits per heavy atom. The summed E-state index contributed by atoms with van der Waals surface area (Å²) in [4.78, 5) is 0. The minimum absolute atomic E-state index is 0.364. The summed E-state index contributed by atoms with van der Waals surface area (Å²) in [5, 5.41) is 2.70. The molecule has 1 aliphatic rings. The SMILES string of the molecule is c1ccc(C2Cc3ccccc3-c3c(-c4ccc(-c5ccc6c(c5)sc5ccccc56)cc4)cccc32)cc1. The highest BCUT2D eigenvalue weighted by molar-refractivity contribution is 7.25. The van der Waals surface area contributed by atoms with Crippen LogP contribution in [0, 0.1) is 0 Å². The van der Waals surface area contributed by atoms with Crippen LogP contribution in [0.3, 0.4) is 0 Å². The lowest BCUT2D eigenvalue weighted by Gasteiger charge is -2.30. The maximum atomic E-state index is 2.35. The molecule has 1 atom stereocenters. The van der Waals surface area contributed by atoms with Crippen LogP contribution in [-0.2, 0) is 6.42 Å². The third-order valence-electron chi connectivity index (χ3n) is 8.29. The van der Waals surface area contributed by atoms with Crippen molar-refractivity contribution in [1.29, 1.82) is 0 Å². The second-order valence-electron chi connectivity index (χ2n) is 10.5. The van der Waals surface area contributed by atoms with Crippen LogP contribution in [0.2, 0.25) is 0 Å². The summed E-state index contributed by atoms with van der Waals surface area (Å²) < 4.78 is 2.70. The van der Waals surface area contributed by atoms with E-state index in [1.807, 2.05) is 11.3 Å². The molecule has 1 heteroatoms. The Bertz CT molecular complexity index is 1980. The van der Waals surface area contributed by atoms with Crippen molar-refractivity contribution < 1.29 is 0 Å². The van der Waals surface area contributed by atoms with Crippen LogP contribution in [0.5, 0.6) is 0 Å². The molecule has 0 fully saturated rings. The number of benzene rings is 6. The first-order valence-electron chi connectivity index (χ1n) is 13.6. The number of fused-ring (bicyclic) bond motifs is 6. The van der Waals surface area contributed by atoms with E-state index < -0.39 is 0 Å². The number of hydrogen-bond acceptors (Lipinski definition) is 1. The summed E-state index contributed by atoms with van der Waals surface area (Å²) in [7, 11) is 0. The monoisotopic (exact) mass is 514 g/mol. The lowest BCUT2D eigenvalue weighted by molar-refractivity contribution is 0.794. The molecular formula is C38H26S. The van der Waals surface area contributed by atoms with Crippen molar-refractivity contribution in [3.63, 3.8) is 0 Å². The van der Waals surface area contributed by atoms with Gasteiger partial charge >= 0.3 is 0 Å². The van der Waals surface area contributed by atoms with Crippen LogP contribution in [0.1, 0.15) is 22.6 Å². The third-order valence-corrected chi connectivity index (χ3v) is 9.43. The van der Waals surface area contributed by atoms with Gasteiger partial charge in [-0.2, -0.15) is 0 Å². The van der Waals surface area contributed by atoms with Gasteiger partial charge in [-0.3, -0.25) is 0 Å². The maximum Gasteiger partial charge on any atom is 0.0361 e. The van der Waals surface area contributed by atoms with Crippen molar-refractivity contribution in [2.45, 2.75) is 12.3 Å². The zero-order chi connectivity index (χ0) is 25.8. The second kappa shape index (κ2) is 9.08. The summed E-state index contributed by atoms with van der Waals surface area (Å²) >= 11 is 1.88. The zero-order valence-corrected chi connectivity index (χ0v) is 22.3. The highest BCUT2D eigenvalue weighted by atomic mass is 32.1. The first-order valence-corrected chi connectivity index (χ1v) is 14.4. The Labute approximate surface area is 232 Å². The Morgan fingerprint density at radius 1 is 0.487 bits per heavy atom. The molecule has 184 valence electrons. The Balaban J connectivity index is 1.23. The summed E-state index contributed by atoms with van der Waals surface area (Å²) in [6.07, 6.45) is 1.04. The molecular weight excluding hydrogens is 488 g/mol. The van der Waals surface area contributed by atoms with Gasteiger partial charge in [-0.1, -0.05) is 127 Å².